The minimum absolute atomic E-state index is 0.000273. The predicted octanol–water partition coefficient (Wildman–Crippen LogP) is 2.65. The van der Waals surface area contributed by atoms with Crippen molar-refractivity contribution >= 4 is 10.2 Å². The number of nitrogens with zero attached hydrogens (tertiary/aromatic N) is 2. The van der Waals surface area contributed by atoms with E-state index in [-0.39, 0.29) is 6.10 Å². The van der Waals surface area contributed by atoms with Crippen LogP contribution in [-0.4, -0.2) is 57.0 Å². The van der Waals surface area contributed by atoms with Gasteiger partial charge in [0.15, 0.2) is 0 Å². The Labute approximate surface area is 151 Å². The van der Waals surface area contributed by atoms with Crippen molar-refractivity contribution in [1.82, 2.24) is 8.61 Å². The third-order valence-electron chi connectivity index (χ3n) is 4.41. The van der Waals surface area contributed by atoms with Crippen molar-refractivity contribution in [2.45, 2.75) is 45.3 Å². The smallest absolute Gasteiger partial charge is 0.282 e. The monoisotopic (exact) mass is 370 g/mol. The van der Waals surface area contributed by atoms with Crippen molar-refractivity contribution in [2.75, 3.05) is 33.9 Å². The standard InChI is InChI=1S/C18H30N2O4S/c1-4-11-20(15-18-9-5-6-12-24-18)25(21,22)19(2)14-16-8-7-10-17(13-16)23-3/h7-8,10,13,18H,4-6,9,11-12,14-15H2,1-3H3. The van der Waals surface area contributed by atoms with Crippen LogP contribution in [0.5, 0.6) is 5.75 Å². The van der Waals surface area contributed by atoms with E-state index >= 15 is 0 Å². The lowest BCUT2D eigenvalue weighted by Crippen LogP contribution is -2.46. The second-order valence-electron chi connectivity index (χ2n) is 6.46. The molecule has 0 saturated carbocycles. The lowest BCUT2D eigenvalue weighted by atomic mass is 10.1. The molecule has 1 aliphatic heterocycles. The topological polar surface area (TPSA) is 59.1 Å². The van der Waals surface area contributed by atoms with Gasteiger partial charge >= 0.3 is 0 Å². The fourth-order valence-corrected chi connectivity index (χ4v) is 4.51. The highest BCUT2D eigenvalue weighted by Gasteiger charge is 2.29. The molecule has 1 aromatic rings. The van der Waals surface area contributed by atoms with E-state index in [0.717, 1.165) is 43.6 Å². The van der Waals surface area contributed by atoms with Gasteiger partial charge in [-0.15, -0.1) is 0 Å². The molecule has 1 atom stereocenters. The number of methoxy groups -OCH3 is 1. The lowest BCUT2D eigenvalue weighted by Gasteiger charge is -2.32. The summed E-state index contributed by atoms with van der Waals surface area (Å²) in [6.45, 7) is 3.96. The fourth-order valence-electron chi connectivity index (χ4n) is 3.04. The van der Waals surface area contributed by atoms with E-state index in [9.17, 15) is 8.42 Å². The molecule has 1 aliphatic rings. The van der Waals surface area contributed by atoms with Crippen molar-refractivity contribution < 1.29 is 17.9 Å². The number of hydrogen-bond donors (Lipinski definition) is 0. The van der Waals surface area contributed by atoms with Crippen molar-refractivity contribution in [3.63, 3.8) is 0 Å². The van der Waals surface area contributed by atoms with E-state index in [1.54, 1.807) is 18.5 Å². The molecular formula is C18H30N2O4S. The molecule has 0 bridgehead atoms. The van der Waals surface area contributed by atoms with Crippen LogP contribution < -0.4 is 4.74 Å². The number of ether oxygens (including phenoxy) is 2. The summed E-state index contributed by atoms with van der Waals surface area (Å²) in [5.74, 6) is 0.726. The zero-order valence-corrected chi connectivity index (χ0v) is 16.3. The summed E-state index contributed by atoms with van der Waals surface area (Å²) in [5, 5.41) is 0. The molecule has 0 N–H and O–H groups in total. The van der Waals surface area contributed by atoms with Gasteiger partial charge in [0.25, 0.3) is 10.2 Å². The number of hydrogen-bond acceptors (Lipinski definition) is 4. The van der Waals surface area contributed by atoms with E-state index in [4.69, 9.17) is 9.47 Å². The van der Waals surface area contributed by atoms with Crippen LogP contribution in [0.1, 0.15) is 38.2 Å². The summed E-state index contributed by atoms with van der Waals surface area (Å²) in [5.41, 5.74) is 0.899. The maximum atomic E-state index is 13.0. The first-order valence-corrected chi connectivity index (χ1v) is 10.3. The molecule has 0 aliphatic carbocycles. The zero-order chi connectivity index (χ0) is 18.3. The third kappa shape index (κ3) is 5.67. The summed E-state index contributed by atoms with van der Waals surface area (Å²) in [4.78, 5) is 0. The van der Waals surface area contributed by atoms with E-state index in [2.05, 4.69) is 0 Å². The molecule has 25 heavy (non-hydrogen) atoms. The first-order chi connectivity index (χ1) is 12.0. The molecule has 142 valence electrons. The Hall–Kier alpha value is -1.15. The SMILES string of the molecule is CCCN(CC1CCCCO1)S(=O)(=O)N(C)Cc1cccc(OC)c1. The van der Waals surface area contributed by atoms with Crippen LogP contribution in [0.4, 0.5) is 0 Å². The normalized spacial score (nSPS) is 18.7. The van der Waals surface area contributed by atoms with Gasteiger partial charge in [0, 0.05) is 33.3 Å². The van der Waals surface area contributed by atoms with Crippen LogP contribution in [0.3, 0.4) is 0 Å². The highest BCUT2D eigenvalue weighted by Crippen LogP contribution is 2.19. The Morgan fingerprint density at radius 1 is 1.32 bits per heavy atom. The highest BCUT2D eigenvalue weighted by atomic mass is 32.2. The van der Waals surface area contributed by atoms with E-state index in [0.29, 0.717) is 19.6 Å². The largest absolute Gasteiger partial charge is 0.497 e. The Morgan fingerprint density at radius 3 is 2.76 bits per heavy atom. The van der Waals surface area contributed by atoms with Crippen LogP contribution in [0.2, 0.25) is 0 Å². The average molecular weight is 371 g/mol. The van der Waals surface area contributed by atoms with E-state index in [1.165, 1.54) is 4.31 Å². The maximum absolute atomic E-state index is 13.0. The molecule has 7 heteroatoms. The van der Waals surface area contributed by atoms with Gasteiger partial charge in [-0.05, 0) is 43.4 Å². The van der Waals surface area contributed by atoms with Gasteiger partial charge in [-0.25, -0.2) is 0 Å². The summed E-state index contributed by atoms with van der Waals surface area (Å²) in [7, 11) is -0.306. The van der Waals surface area contributed by atoms with Gasteiger partial charge < -0.3 is 9.47 Å². The Morgan fingerprint density at radius 2 is 2.12 bits per heavy atom. The molecule has 1 saturated heterocycles. The average Bonchev–Trinajstić information content (AvgIpc) is 2.62. The highest BCUT2D eigenvalue weighted by molar-refractivity contribution is 7.86. The zero-order valence-electron chi connectivity index (χ0n) is 15.5. The van der Waals surface area contributed by atoms with Crippen LogP contribution in [-0.2, 0) is 21.5 Å². The minimum Gasteiger partial charge on any atom is -0.497 e. The van der Waals surface area contributed by atoms with Gasteiger partial charge in [-0.2, -0.15) is 17.0 Å². The molecule has 1 aromatic carbocycles. The fraction of sp³-hybridized carbons (Fsp3) is 0.667. The first-order valence-electron chi connectivity index (χ1n) is 8.93. The molecule has 6 nitrogen and oxygen atoms in total. The lowest BCUT2D eigenvalue weighted by molar-refractivity contribution is 0.00559. The Kier molecular flexibility index (Phi) is 7.68. The first kappa shape index (κ1) is 20.2. The summed E-state index contributed by atoms with van der Waals surface area (Å²) < 4.78 is 39.9. The van der Waals surface area contributed by atoms with Crippen LogP contribution >= 0.6 is 0 Å². The minimum atomic E-state index is -3.53. The summed E-state index contributed by atoms with van der Waals surface area (Å²) >= 11 is 0. The van der Waals surface area contributed by atoms with Gasteiger partial charge in [-0.3, -0.25) is 0 Å². The van der Waals surface area contributed by atoms with E-state index < -0.39 is 10.2 Å². The molecule has 0 spiro atoms. The van der Waals surface area contributed by atoms with E-state index in [1.807, 2.05) is 31.2 Å². The molecule has 1 heterocycles. The van der Waals surface area contributed by atoms with Crippen molar-refractivity contribution in [1.29, 1.82) is 0 Å². The van der Waals surface area contributed by atoms with Crippen molar-refractivity contribution in [2.24, 2.45) is 0 Å². The summed E-state index contributed by atoms with van der Waals surface area (Å²) in [6, 6.07) is 7.49. The van der Waals surface area contributed by atoms with Crippen molar-refractivity contribution in [3.8, 4) is 5.75 Å². The predicted molar refractivity (Wildman–Crippen MR) is 98.8 cm³/mol. The Bertz CT molecular complexity index is 630. The summed E-state index contributed by atoms with van der Waals surface area (Å²) in [6.07, 6.45) is 3.87. The Balaban J connectivity index is 2.08. The van der Waals surface area contributed by atoms with Crippen LogP contribution in [0, 0.1) is 0 Å². The van der Waals surface area contributed by atoms with Gasteiger partial charge in [0.05, 0.1) is 13.2 Å². The quantitative estimate of drug-likeness (QED) is 0.670. The van der Waals surface area contributed by atoms with Gasteiger partial charge in [0.1, 0.15) is 5.75 Å². The maximum Gasteiger partial charge on any atom is 0.282 e. The van der Waals surface area contributed by atoms with Gasteiger partial charge in [-0.1, -0.05) is 19.1 Å². The molecular weight excluding hydrogens is 340 g/mol. The molecule has 2 rings (SSSR count). The van der Waals surface area contributed by atoms with Crippen LogP contribution in [0.25, 0.3) is 0 Å². The number of rotatable bonds is 9. The van der Waals surface area contributed by atoms with Gasteiger partial charge in [0.2, 0.25) is 0 Å². The molecule has 0 aromatic heterocycles. The molecule has 0 amide bonds. The second-order valence-corrected chi connectivity index (χ2v) is 8.50. The van der Waals surface area contributed by atoms with Crippen molar-refractivity contribution in [3.05, 3.63) is 29.8 Å². The molecule has 1 unspecified atom stereocenters. The second kappa shape index (κ2) is 9.52. The third-order valence-corrected chi connectivity index (χ3v) is 6.31. The number of benzene rings is 1. The molecule has 1 fully saturated rings. The molecule has 0 radical (unpaired) electrons. The van der Waals surface area contributed by atoms with Crippen LogP contribution in [0.15, 0.2) is 24.3 Å².